The highest BCUT2D eigenvalue weighted by Gasteiger charge is 2.52. The summed E-state index contributed by atoms with van der Waals surface area (Å²) in [5.74, 6) is -3.77. The lowest BCUT2D eigenvalue weighted by Crippen LogP contribution is -2.22. The molecule has 0 saturated heterocycles. The van der Waals surface area contributed by atoms with E-state index < -0.39 is 34.1 Å². The van der Waals surface area contributed by atoms with Crippen LogP contribution in [0.15, 0.2) is 28.5 Å². The average Bonchev–Trinajstić information content (AvgIpc) is 2.89. The number of aliphatic hydroxyl groups is 1. The Kier molecular flexibility index (Phi) is 3.69. The summed E-state index contributed by atoms with van der Waals surface area (Å²) in [4.78, 5) is 0. The van der Waals surface area contributed by atoms with Crippen molar-refractivity contribution >= 4 is 21.2 Å². The third kappa shape index (κ3) is 2.84. The zero-order valence-electron chi connectivity index (χ0n) is 11.7. The van der Waals surface area contributed by atoms with Crippen LogP contribution in [0.25, 0.3) is 0 Å². The quantitative estimate of drug-likeness (QED) is 0.908. The van der Waals surface area contributed by atoms with Crippen LogP contribution >= 0.6 is 11.3 Å². The summed E-state index contributed by atoms with van der Waals surface area (Å²) < 4.78 is 69.1. The summed E-state index contributed by atoms with van der Waals surface area (Å²) in [6, 6.07) is 4.85. The molecule has 0 bridgehead atoms. The van der Waals surface area contributed by atoms with Crippen molar-refractivity contribution in [2.45, 2.75) is 22.7 Å². The first-order valence-electron chi connectivity index (χ1n) is 6.44. The molecule has 2 aromatic rings. The number of hydrogen-bond acceptors (Lipinski definition) is 5. The summed E-state index contributed by atoms with van der Waals surface area (Å²) in [5, 5.41) is 9.72. The van der Waals surface area contributed by atoms with Gasteiger partial charge in [-0.2, -0.15) is 0 Å². The molecule has 0 saturated carbocycles. The van der Waals surface area contributed by atoms with Crippen LogP contribution in [0.2, 0.25) is 0 Å². The first-order valence-corrected chi connectivity index (χ1v) is 9.15. The summed E-state index contributed by atoms with van der Waals surface area (Å²) in [6.45, 7) is 0. The molecule has 124 valence electrons. The van der Waals surface area contributed by atoms with Crippen LogP contribution in [0.1, 0.15) is 17.2 Å². The minimum absolute atomic E-state index is 0.0303. The van der Waals surface area contributed by atoms with Gasteiger partial charge in [-0.15, -0.1) is 0 Å². The number of alkyl halides is 2. The number of benzene rings is 1. The van der Waals surface area contributed by atoms with Crippen molar-refractivity contribution in [3.63, 3.8) is 0 Å². The first-order chi connectivity index (χ1) is 10.6. The number of hydrogen-bond donors (Lipinski definition) is 1. The van der Waals surface area contributed by atoms with Gasteiger partial charge in [-0.25, -0.2) is 21.6 Å². The molecule has 0 radical (unpaired) electrons. The molecule has 1 N–H and O–H groups in total. The van der Waals surface area contributed by atoms with Crippen molar-refractivity contribution in [3.8, 4) is 10.8 Å². The molecule has 0 fully saturated rings. The third-order valence-electron chi connectivity index (χ3n) is 3.42. The summed E-state index contributed by atoms with van der Waals surface area (Å²) in [7, 11) is -3.80. The van der Waals surface area contributed by atoms with E-state index in [0.29, 0.717) is 11.3 Å². The van der Waals surface area contributed by atoms with E-state index in [1.54, 1.807) is 0 Å². The van der Waals surface area contributed by atoms with Gasteiger partial charge in [0.25, 0.3) is 5.92 Å². The van der Waals surface area contributed by atoms with Gasteiger partial charge in [-0.05, 0) is 24.3 Å². The van der Waals surface area contributed by atoms with Crippen molar-refractivity contribution in [1.29, 1.82) is 0 Å². The van der Waals surface area contributed by atoms with Crippen LogP contribution in [-0.4, -0.2) is 25.7 Å². The molecule has 1 aliphatic rings. The van der Waals surface area contributed by atoms with E-state index >= 15 is 0 Å². The fraction of sp³-hybridized carbons (Fsp3) is 0.286. The van der Waals surface area contributed by atoms with Crippen molar-refractivity contribution in [2.24, 2.45) is 0 Å². The van der Waals surface area contributed by atoms with E-state index in [-0.39, 0.29) is 26.1 Å². The van der Waals surface area contributed by atoms with Crippen LogP contribution in [-0.2, 0) is 16.3 Å². The molecule has 1 aromatic heterocycles. The third-order valence-corrected chi connectivity index (χ3v) is 6.40. The van der Waals surface area contributed by atoms with Crippen LogP contribution in [0, 0.1) is 5.82 Å². The standard InChI is InChI=1S/C14H11F3O4S2/c1-23(19,20)13-10-9(6-14(16,17)11(10)18)12(22-13)21-8-4-2-7(15)3-5-8/h2-5,11,18H,6H2,1H3/t11-/m0/s1. The molecule has 0 amide bonds. The molecular weight excluding hydrogens is 353 g/mol. The number of rotatable bonds is 3. The zero-order chi connectivity index (χ0) is 17.0. The molecule has 1 aromatic carbocycles. The lowest BCUT2D eigenvalue weighted by molar-refractivity contribution is -0.0976. The first kappa shape index (κ1) is 16.3. The number of thiophene rings is 1. The van der Waals surface area contributed by atoms with Crippen LogP contribution in [0.3, 0.4) is 0 Å². The Bertz CT molecular complexity index is 857. The van der Waals surface area contributed by atoms with E-state index in [4.69, 9.17) is 4.74 Å². The molecular formula is C14H11F3O4S2. The van der Waals surface area contributed by atoms with Crippen molar-refractivity contribution in [2.75, 3.05) is 6.26 Å². The average molecular weight is 364 g/mol. The number of sulfone groups is 1. The maximum atomic E-state index is 13.8. The number of fused-ring (bicyclic) bond motifs is 1. The van der Waals surface area contributed by atoms with Gasteiger partial charge in [-0.1, -0.05) is 11.3 Å². The van der Waals surface area contributed by atoms with E-state index in [2.05, 4.69) is 0 Å². The Labute approximate surface area is 134 Å². The Morgan fingerprint density at radius 1 is 1.30 bits per heavy atom. The monoisotopic (exact) mass is 364 g/mol. The van der Waals surface area contributed by atoms with Gasteiger partial charge in [-0.3, -0.25) is 0 Å². The van der Waals surface area contributed by atoms with Crippen molar-refractivity contribution in [1.82, 2.24) is 0 Å². The number of aliphatic hydroxyl groups excluding tert-OH is 1. The molecule has 4 nitrogen and oxygen atoms in total. The van der Waals surface area contributed by atoms with Crippen LogP contribution < -0.4 is 4.74 Å². The Balaban J connectivity index is 2.10. The molecule has 1 atom stereocenters. The smallest absolute Gasteiger partial charge is 0.281 e. The predicted octanol–water partition coefficient (Wildman–Crippen LogP) is 3.31. The van der Waals surface area contributed by atoms with Gasteiger partial charge in [0.2, 0.25) is 0 Å². The van der Waals surface area contributed by atoms with Gasteiger partial charge < -0.3 is 9.84 Å². The molecule has 1 aliphatic carbocycles. The second-order valence-electron chi connectivity index (χ2n) is 5.24. The van der Waals surface area contributed by atoms with E-state index in [0.717, 1.165) is 18.4 Å². The number of ether oxygens (including phenoxy) is 1. The fourth-order valence-electron chi connectivity index (χ4n) is 2.39. The second kappa shape index (κ2) is 5.22. The SMILES string of the molecule is CS(=O)(=O)c1sc(Oc2ccc(F)cc2)c2c1[C@H](O)C(F)(F)C2. The number of halogens is 3. The predicted molar refractivity (Wildman–Crippen MR) is 77.5 cm³/mol. The van der Waals surface area contributed by atoms with E-state index in [1.165, 1.54) is 12.1 Å². The summed E-state index contributed by atoms with van der Waals surface area (Å²) in [5.41, 5.74) is -0.336. The van der Waals surface area contributed by atoms with Gasteiger partial charge in [0, 0.05) is 23.8 Å². The van der Waals surface area contributed by atoms with Crippen molar-refractivity contribution < 1.29 is 31.4 Å². The van der Waals surface area contributed by atoms with Crippen LogP contribution in [0.4, 0.5) is 13.2 Å². The molecule has 23 heavy (non-hydrogen) atoms. The highest BCUT2D eigenvalue weighted by atomic mass is 32.2. The van der Waals surface area contributed by atoms with E-state index in [9.17, 15) is 26.7 Å². The van der Waals surface area contributed by atoms with Crippen LogP contribution in [0.5, 0.6) is 10.8 Å². The fourth-order valence-corrected chi connectivity index (χ4v) is 4.81. The molecule has 0 spiro atoms. The van der Waals surface area contributed by atoms with Gasteiger partial charge in [0.05, 0.1) is 0 Å². The molecule has 3 rings (SSSR count). The topological polar surface area (TPSA) is 63.6 Å². The Morgan fingerprint density at radius 2 is 1.91 bits per heavy atom. The normalized spacial score (nSPS) is 19.6. The minimum Gasteiger partial charge on any atom is -0.446 e. The minimum atomic E-state index is -3.80. The Morgan fingerprint density at radius 3 is 2.48 bits per heavy atom. The maximum absolute atomic E-state index is 13.8. The molecule has 0 aliphatic heterocycles. The highest BCUT2D eigenvalue weighted by molar-refractivity contribution is 7.92. The largest absolute Gasteiger partial charge is 0.446 e. The molecule has 0 unspecified atom stereocenters. The summed E-state index contributed by atoms with van der Waals surface area (Å²) in [6.07, 6.45) is -2.13. The Hall–Kier alpha value is -1.58. The van der Waals surface area contributed by atoms with Gasteiger partial charge in [0.1, 0.15) is 21.9 Å². The lowest BCUT2D eigenvalue weighted by Gasteiger charge is -2.14. The van der Waals surface area contributed by atoms with E-state index in [1.807, 2.05) is 0 Å². The van der Waals surface area contributed by atoms with Gasteiger partial charge >= 0.3 is 0 Å². The maximum Gasteiger partial charge on any atom is 0.281 e. The summed E-state index contributed by atoms with van der Waals surface area (Å²) >= 11 is 0.675. The second-order valence-corrected chi connectivity index (χ2v) is 8.43. The molecule has 1 heterocycles. The molecule has 9 heteroatoms. The van der Waals surface area contributed by atoms with Crippen molar-refractivity contribution in [3.05, 3.63) is 41.2 Å². The van der Waals surface area contributed by atoms with Gasteiger partial charge in [0.15, 0.2) is 14.9 Å². The highest BCUT2D eigenvalue weighted by Crippen LogP contribution is 2.54. The zero-order valence-corrected chi connectivity index (χ0v) is 13.3. The lowest BCUT2D eigenvalue weighted by atomic mass is 10.2.